The summed E-state index contributed by atoms with van der Waals surface area (Å²) in [5, 5.41) is 2.75. The highest BCUT2D eigenvalue weighted by Gasteiger charge is 2.45. The molecule has 0 saturated carbocycles. The van der Waals surface area contributed by atoms with E-state index in [9.17, 15) is 14.4 Å². The number of piperazine rings is 1. The second-order valence-corrected chi connectivity index (χ2v) is 8.46. The van der Waals surface area contributed by atoms with Gasteiger partial charge in [-0.15, -0.1) is 0 Å². The largest absolute Gasteiger partial charge is 0.497 e. The first-order valence-corrected chi connectivity index (χ1v) is 10.7. The number of ether oxygens (including phenoxy) is 1. The van der Waals surface area contributed by atoms with Gasteiger partial charge in [0.05, 0.1) is 12.8 Å². The molecular weight excluding hydrogens is 406 g/mol. The van der Waals surface area contributed by atoms with Crippen LogP contribution in [0.15, 0.2) is 34.9 Å². The van der Waals surface area contributed by atoms with Crippen LogP contribution in [0.4, 0.5) is 10.5 Å². The molecule has 3 aliphatic rings. The Kier molecular flexibility index (Phi) is 5.61. The second kappa shape index (κ2) is 8.19. The van der Waals surface area contributed by atoms with Crippen LogP contribution in [0.1, 0.15) is 13.8 Å². The third-order valence-electron chi connectivity index (χ3n) is 5.45. The Morgan fingerprint density at radius 1 is 1.20 bits per heavy atom. The quantitative estimate of drug-likeness (QED) is 0.691. The Balaban J connectivity index is 1.45. The number of urea groups is 1. The van der Waals surface area contributed by atoms with Gasteiger partial charge in [0.15, 0.2) is 0 Å². The molecule has 2 N–H and O–H groups in total. The maximum Gasteiger partial charge on any atom is 0.328 e. The number of anilines is 1. The molecule has 2 saturated heterocycles. The van der Waals surface area contributed by atoms with Gasteiger partial charge in [0.25, 0.3) is 11.8 Å². The van der Waals surface area contributed by atoms with E-state index < -0.39 is 12.1 Å². The molecule has 4 rings (SSSR count). The highest BCUT2D eigenvalue weighted by molar-refractivity contribution is 8.02. The average molecular weight is 432 g/mol. The summed E-state index contributed by atoms with van der Waals surface area (Å²) in [4.78, 5) is 43.7. The molecule has 4 amide bonds. The number of nitrogens with one attached hydrogen (secondary N) is 2. The molecule has 160 valence electrons. The summed E-state index contributed by atoms with van der Waals surface area (Å²) < 4.78 is 8.29. The molecule has 1 aromatic carbocycles. The van der Waals surface area contributed by atoms with Crippen LogP contribution in [0.5, 0.6) is 5.75 Å². The van der Waals surface area contributed by atoms with Crippen LogP contribution in [0.3, 0.4) is 0 Å². The zero-order chi connectivity index (χ0) is 21.4. The van der Waals surface area contributed by atoms with Crippen molar-refractivity contribution < 1.29 is 19.1 Å². The summed E-state index contributed by atoms with van der Waals surface area (Å²) in [6.45, 7) is 6.05. The van der Waals surface area contributed by atoms with Gasteiger partial charge >= 0.3 is 6.03 Å². The highest BCUT2D eigenvalue weighted by atomic mass is 32.2. The van der Waals surface area contributed by atoms with Gasteiger partial charge in [-0.05, 0) is 37.9 Å². The lowest BCUT2D eigenvalue weighted by Gasteiger charge is -2.36. The average Bonchev–Trinajstić information content (AvgIpc) is 3.17. The number of rotatable bonds is 4. The van der Waals surface area contributed by atoms with Gasteiger partial charge in [-0.1, -0.05) is 6.07 Å². The van der Waals surface area contributed by atoms with Crippen molar-refractivity contribution in [3.8, 4) is 5.75 Å². The normalized spacial score (nSPS) is 21.9. The molecule has 1 aromatic rings. The topological polar surface area (TPSA) is 94.2 Å². The molecule has 0 aliphatic carbocycles. The Morgan fingerprint density at radius 3 is 2.60 bits per heavy atom. The summed E-state index contributed by atoms with van der Waals surface area (Å²) in [6.07, 6.45) is 0. The van der Waals surface area contributed by atoms with Crippen molar-refractivity contribution in [1.29, 1.82) is 0 Å². The van der Waals surface area contributed by atoms with Crippen LogP contribution < -0.4 is 19.7 Å². The predicted octanol–water partition coefficient (Wildman–Crippen LogP) is 1.14. The molecule has 0 radical (unpaired) electrons. The number of nitrogens with zero attached hydrogens (tertiary/aromatic N) is 3. The standard InChI is InChI=1S/C20H25N5O4S/c1-12(2)25-18(26)16-15(21-20(25)28)17(30-22-16)19(27)24-9-7-23(8-10-24)13-5-4-6-14(11-13)29-3/h4-6,11-12,16,22H,7-10H2,1-3H3,(H,21,28). The monoisotopic (exact) mass is 431 g/mol. The minimum atomic E-state index is -0.702. The van der Waals surface area contributed by atoms with Gasteiger partial charge in [-0.2, -0.15) is 0 Å². The molecule has 9 nitrogen and oxygen atoms in total. The van der Waals surface area contributed by atoms with Crippen LogP contribution in [0.2, 0.25) is 0 Å². The molecule has 30 heavy (non-hydrogen) atoms. The maximum atomic E-state index is 13.1. The van der Waals surface area contributed by atoms with E-state index >= 15 is 0 Å². The van der Waals surface area contributed by atoms with E-state index in [2.05, 4.69) is 14.9 Å². The lowest BCUT2D eigenvalue weighted by atomic mass is 10.1. The van der Waals surface area contributed by atoms with Crippen molar-refractivity contribution in [2.24, 2.45) is 0 Å². The van der Waals surface area contributed by atoms with Crippen LogP contribution in [0, 0.1) is 0 Å². The number of hydrogen-bond donors (Lipinski definition) is 2. The van der Waals surface area contributed by atoms with Crippen molar-refractivity contribution in [3.63, 3.8) is 0 Å². The Bertz CT molecular complexity index is 910. The summed E-state index contributed by atoms with van der Waals surface area (Å²) in [5.74, 6) is 0.300. The minimum Gasteiger partial charge on any atom is -0.497 e. The first-order valence-electron chi connectivity index (χ1n) is 9.89. The van der Waals surface area contributed by atoms with E-state index in [1.807, 2.05) is 24.3 Å². The fourth-order valence-electron chi connectivity index (χ4n) is 3.85. The SMILES string of the molecule is COc1cccc(N2CCN(C(=O)C3=C4NC(=O)N(C(C)C)C(=O)C4NS3)CC2)c1. The fraction of sp³-hybridized carbons (Fsp3) is 0.450. The lowest BCUT2D eigenvalue weighted by Crippen LogP contribution is -2.60. The van der Waals surface area contributed by atoms with E-state index in [-0.39, 0.29) is 17.9 Å². The van der Waals surface area contributed by atoms with Gasteiger partial charge in [0.2, 0.25) is 0 Å². The number of imide groups is 1. The molecule has 0 spiro atoms. The van der Waals surface area contributed by atoms with Gasteiger partial charge in [-0.3, -0.25) is 14.5 Å². The van der Waals surface area contributed by atoms with Crippen LogP contribution in [-0.2, 0) is 9.59 Å². The number of carbonyl (C=O) groups is 3. The number of hydrogen-bond acceptors (Lipinski definition) is 7. The number of fused-ring (bicyclic) bond motifs is 1. The first kappa shape index (κ1) is 20.5. The Hall–Kier alpha value is -2.72. The predicted molar refractivity (Wildman–Crippen MR) is 114 cm³/mol. The molecule has 3 heterocycles. The van der Waals surface area contributed by atoms with E-state index in [0.29, 0.717) is 36.8 Å². The molecule has 3 aliphatic heterocycles. The number of amides is 4. The molecule has 2 fully saturated rings. The highest BCUT2D eigenvalue weighted by Crippen LogP contribution is 2.32. The molecule has 1 atom stereocenters. The van der Waals surface area contributed by atoms with Crippen LogP contribution >= 0.6 is 11.9 Å². The number of carbonyl (C=O) groups excluding carboxylic acids is 3. The first-order chi connectivity index (χ1) is 14.4. The molecule has 10 heteroatoms. The van der Waals surface area contributed by atoms with E-state index in [1.54, 1.807) is 25.9 Å². The van der Waals surface area contributed by atoms with Crippen LogP contribution in [0.25, 0.3) is 0 Å². The van der Waals surface area contributed by atoms with Gasteiger partial charge in [-0.25, -0.2) is 9.52 Å². The Labute approximate surface area is 179 Å². The van der Waals surface area contributed by atoms with Gasteiger partial charge in [0, 0.05) is 44.0 Å². The maximum absolute atomic E-state index is 13.1. The summed E-state index contributed by atoms with van der Waals surface area (Å²) in [6, 6.07) is 6.41. The van der Waals surface area contributed by atoms with Gasteiger partial charge < -0.3 is 19.9 Å². The molecule has 1 unspecified atom stereocenters. The summed E-state index contributed by atoms with van der Waals surface area (Å²) >= 11 is 1.12. The minimum absolute atomic E-state index is 0.165. The lowest BCUT2D eigenvalue weighted by molar-refractivity contribution is -0.131. The van der Waals surface area contributed by atoms with Crippen molar-refractivity contribution in [1.82, 2.24) is 19.8 Å². The second-order valence-electron chi connectivity index (χ2n) is 7.61. The van der Waals surface area contributed by atoms with Gasteiger partial charge in [0.1, 0.15) is 16.7 Å². The van der Waals surface area contributed by atoms with Crippen molar-refractivity contribution >= 4 is 35.5 Å². The van der Waals surface area contributed by atoms with Crippen LogP contribution in [-0.4, -0.2) is 73.0 Å². The molecule has 0 aromatic heterocycles. The summed E-state index contributed by atoms with van der Waals surface area (Å²) in [7, 11) is 1.64. The van der Waals surface area contributed by atoms with Crippen molar-refractivity contribution in [3.05, 3.63) is 34.9 Å². The van der Waals surface area contributed by atoms with Crippen molar-refractivity contribution in [2.45, 2.75) is 25.9 Å². The Morgan fingerprint density at radius 2 is 1.93 bits per heavy atom. The number of methoxy groups -OCH3 is 1. The third kappa shape index (κ3) is 3.61. The number of benzene rings is 1. The van der Waals surface area contributed by atoms with Crippen molar-refractivity contribution in [2.75, 3.05) is 38.2 Å². The van der Waals surface area contributed by atoms with E-state index in [0.717, 1.165) is 23.4 Å². The zero-order valence-corrected chi connectivity index (χ0v) is 18.0. The molecule has 0 bridgehead atoms. The van der Waals surface area contributed by atoms with E-state index in [1.165, 1.54) is 4.90 Å². The smallest absolute Gasteiger partial charge is 0.328 e. The molecular formula is C20H25N5O4S. The van der Waals surface area contributed by atoms with E-state index in [4.69, 9.17) is 4.74 Å². The summed E-state index contributed by atoms with van der Waals surface area (Å²) in [5.41, 5.74) is 1.42. The zero-order valence-electron chi connectivity index (χ0n) is 17.2. The fourth-order valence-corrected chi connectivity index (χ4v) is 4.80. The third-order valence-corrected chi connectivity index (χ3v) is 6.41.